The molecule has 0 bridgehead atoms. The first-order chi connectivity index (χ1) is 13.8. The van der Waals surface area contributed by atoms with Gasteiger partial charge in [-0.25, -0.2) is 9.50 Å². The Balaban J connectivity index is 1.28. The van der Waals surface area contributed by atoms with Gasteiger partial charge in [0.25, 0.3) is 0 Å². The minimum atomic E-state index is 0.790. The van der Waals surface area contributed by atoms with Crippen molar-refractivity contribution in [1.82, 2.24) is 19.5 Å². The van der Waals surface area contributed by atoms with Crippen LogP contribution in [-0.4, -0.2) is 64.0 Å². The van der Waals surface area contributed by atoms with E-state index in [1.54, 1.807) is 0 Å². The van der Waals surface area contributed by atoms with Crippen molar-refractivity contribution in [3.8, 4) is 11.3 Å². The molecule has 4 heterocycles. The van der Waals surface area contributed by atoms with Gasteiger partial charge in [0.2, 0.25) is 0 Å². The molecule has 0 spiro atoms. The van der Waals surface area contributed by atoms with Crippen LogP contribution in [-0.2, 0) is 0 Å². The summed E-state index contributed by atoms with van der Waals surface area (Å²) in [7, 11) is 1.19. The fourth-order valence-electron chi connectivity index (χ4n) is 4.58. The Bertz CT molecular complexity index is 937. The molecule has 3 aromatic rings. The highest BCUT2D eigenvalue weighted by molar-refractivity contribution is 7.38. The third-order valence-electron chi connectivity index (χ3n) is 6.17. The van der Waals surface area contributed by atoms with Crippen LogP contribution in [0.3, 0.4) is 0 Å². The predicted molar refractivity (Wildman–Crippen MR) is 118 cm³/mol. The van der Waals surface area contributed by atoms with Crippen LogP contribution in [0.1, 0.15) is 18.7 Å². The molecule has 0 saturated carbocycles. The topological polar surface area (TPSA) is 36.7 Å². The van der Waals surface area contributed by atoms with Crippen molar-refractivity contribution in [3.63, 3.8) is 0 Å². The summed E-state index contributed by atoms with van der Waals surface area (Å²) in [6.45, 7) is 6.92. The van der Waals surface area contributed by atoms with Gasteiger partial charge in [0.05, 0.1) is 17.4 Å². The van der Waals surface area contributed by atoms with Crippen molar-refractivity contribution in [2.45, 2.75) is 25.8 Å². The summed E-state index contributed by atoms with van der Waals surface area (Å²) >= 11 is 0. The highest BCUT2D eigenvalue weighted by Gasteiger charge is 2.25. The van der Waals surface area contributed by atoms with E-state index in [1.807, 2.05) is 17.6 Å². The van der Waals surface area contributed by atoms with E-state index >= 15 is 0 Å². The summed E-state index contributed by atoms with van der Waals surface area (Å²) in [5, 5.41) is 4.57. The molecule has 6 heteroatoms. The zero-order valence-electron chi connectivity index (χ0n) is 16.5. The zero-order chi connectivity index (χ0) is 18.9. The molecule has 2 aromatic heterocycles. The number of hydrogen-bond acceptors (Lipinski definition) is 4. The lowest BCUT2D eigenvalue weighted by molar-refractivity contribution is 0.185. The molecule has 5 rings (SSSR count). The molecule has 146 valence electrons. The molecule has 28 heavy (non-hydrogen) atoms. The smallest absolute Gasteiger partial charge is 0.146 e. The lowest BCUT2D eigenvalue weighted by Gasteiger charge is -2.41. The second-order valence-electron chi connectivity index (χ2n) is 7.91. The summed E-state index contributed by atoms with van der Waals surface area (Å²) in [5.41, 5.74) is 4.70. The molecule has 5 nitrogen and oxygen atoms in total. The molecule has 2 fully saturated rings. The van der Waals surface area contributed by atoms with E-state index in [-0.39, 0.29) is 0 Å². The Labute approximate surface area is 168 Å². The Hall–Kier alpha value is -1.97. The number of aromatic nitrogens is 3. The van der Waals surface area contributed by atoms with Crippen molar-refractivity contribution in [1.29, 1.82) is 0 Å². The second-order valence-corrected chi connectivity index (χ2v) is 9.41. The van der Waals surface area contributed by atoms with E-state index in [9.17, 15) is 0 Å². The number of fused-ring (bicyclic) bond motifs is 1. The van der Waals surface area contributed by atoms with Gasteiger partial charge in [-0.15, -0.1) is 8.58 Å². The number of nitrogens with zero attached hydrogens (tertiary/aromatic N) is 5. The standard InChI is InChI=1S/C22H28N5P/c1-17-23-16-21-6-7-22(27(21)24-17)18-2-4-19(5-3-18)25-10-8-20(9-11-25)26-12-14-28-15-13-26/h2-7,16,20,28H,8-15H2,1H3. The van der Waals surface area contributed by atoms with Crippen LogP contribution < -0.4 is 4.90 Å². The van der Waals surface area contributed by atoms with Crippen LogP contribution in [0.4, 0.5) is 5.69 Å². The lowest BCUT2D eigenvalue weighted by atomic mass is 10.0. The summed E-state index contributed by atoms with van der Waals surface area (Å²) in [6, 6.07) is 14.0. The number of benzene rings is 1. The van der Waals surface area contributed by atoms with Gasteiger partial charge in [-0.1, -0.05) is 12.1 Å². The molecular formula is C22H28N5P. The molecule has 0 aliphatic carbocycles. The summed E-state index contributed by atoms with van der Waals surface area (Å²) < 4.78 is 1.99. The fourth-order valence-corrected chi connectivity index (χ4v) is 5.72. The molecule has 0 amide bonds. The van der Waals surface area contributed by atoms with Gasteiger partial charge in [0, 0.05) is 43.5 Å². The third-order valence-corrected chi connectivity index (χ3v) is 7.33. The predicted octanol–water partition coefficient (Wildman–Crippen LogP) is 3.67. The molecule has 0 radical (unpaired) electrons. The van der Waals surface area contributed by atoms with E-state index in [0.29, 0.717) is 0 Å². The van der Waals surface area contributed by atoms with Crippen LogP contribution >= 0.6 is 8.58 Å². The quantitative estimate of drug-likeness (QED) is 0.637. The van der Waals surface area contributed by atoms with E-state index in [1.165, 1.54) is 71.2 Å². The molecule has 2 aliphatic rings. The maximum Gasteiger partial charge on any atom is 0.146 e. The van der Waals surface area contributed by atoms with E-state index in [0.717, 1.165) is 23.1 Å². The van der Waals surface area contributed by atoms with Crippen molar-refractivity contribution in [3.05, 3.63) is 48.4 Å². The minimum absolute atomic E-state index is 0.790. The van der Waals surface area contributed by atoms with Gasteiger partial charge in [0.15, 0.2) is 0 Å². The number of piperidine rings is 1. The fraction of sp³-hybridized carbons (Fsp3) is 0.455. The third kappa shape index (κ3) is 3.54. The number of rotatable bonds is 3. The van der Waals surface area contributed by atoms with E-state index in [2.05, 4.69) is 56.3 Å². The van der Waals surface area contributed by atoms with Gasteiger partial charge in [-0.3, -0.25) is 4.90 Å². The van der Waals surface area contributed by atoms with E-state index in [4.69, 9.17) is 0 Å². The summed E-state index contributed by atoms with van der Waals surface area (Å²) in [4.78, 5) is 9.59. The average molecular weight is 393 g/mol. The number of hydrogen-bond donors (Lipinski definition) is 0. The molecule has 1 aromatic carbocycles. The molecule has 0 atom stereocenters. The summed E-state index contributed by atoms with van der Waals surface area (Å²) in [5.74, 6) is 0.790. The Morgan fingerprint density at radius 2 is 1.68 bits per heavy atom. The first-order valence-electron chi connectivity index (χ1n) is 10.4. The van der Waals surface area contributed by atoms with Gasteiger partial charge in [-0.05, 0) is 56.4 Å². The maximum atomic E-state index is 4.57. The minimum Gasteiger partial charge on any atom is -0.371 e. The molecule has 0 unspecified atom stereocenters. The Morgan fingerprint density at radius 3 is 2.43 bits per heavy atom. The average Bonchev–Trinajstić information content (AvgIpc) is 3.18. The second kappa shape index (κ2) is 7.81. The van der Waals surface area contributed by atoms with Crippen LogP contribution in [0.2, 0.25) is 0 Å². The van der Waals surface area contributed by atoms with Crippen molar-refractivity contribution in [2.24, 2.45) is 0 Å². The van der Waals surface area contributed by atoms with Gasteiger partial charge in [-0.2, -0.15) is 5.10 Å². The van der Waals surface area contributed by atoms with Crippen LogP contribution in [0, 0.1) is 6.92 Å². The summed E-state index contributed by atoms with van der Waals surface area (Å²) in [6.07, 6.45) is 7.31. The van der Waals surface area contributed by atoms with Crippen LogP contribution in [0.25, 0.3) is 16.8 Å². The SMILES string of the molecule is Cc1ncc2ccc(-c3ccc(N4CCC(N5CCPCC5)CC4)cc3)n2n1. The Kier molecular flexibility index (Phi) is 5.04. The van der Waals surface area contributed by atoms with Crippen molar-refractivity contribution >= 4 is 19.8 Å². The van der Waals surface area contributed by atoms with Gasteiger partial charge < -0.3 is 4.90 Å². The highest BCUT2D eigenvalue weighted by atomic mass is 31.1. The number of anilines is 1. The maximum absolute atomic E-state index is 4.57. The normalized spacial score (nSPS) is 19.4. The van der Waals surface area contributed by atoms with Crippen LogP contribution in [0.15, 0.2) is 42.6 Å². The van der Waals surface area contributed by atoms with Crippen molar-refractivity contribution < 1.29 is 0 Å². The molecular weight excluding hydrogens is 365 g/mol. The lowest BCUT2D eigenvalue weighted by Crippen LogP contribution is -2.47. The Morgan fingerprint density at radius 1 is 0.929 bits per heavy atom. The number of aryl methyl sites for hydroxylation is 1. The van der Waals surface area contributed by atoms with Crippen molar-refractivity contribution in [2.75, 3.05) is 43.4 Å². The molecule has 2 saturated heterocycles. The molecule has 2 aliphatic heterocycles. The first-order valence-corrected chi connectivity index (χ1v) is 11.8. The van der Waals surface area contributed by atoms with Crippen LogP contribution in [0.5, 0.6) is 0 Å². The van der Waals surface area contributed by atoms with Gasteiger partial charge >= 0.3 is 0 Å². The highest BCUT2D eigenvalue weighted by Crippen LogP contribution is 2.28. The van der Waals surface area contributed by atoms with Gasteiger partial charge in [0.1, 0.15) is 5.82 Å². The largest absolute Gasteiger partial charge is 0.371 e. The first kappa shape index (κ1) is 18.1. The monoisotopic (exact) mass is 393 g/mol. The van der Waals surface area contributed by atoms with E-state index < -0.39 is 0 Å². The zero-order valence-corrected chi connectivity index (χ0v) is 17.5. The molecule has 0 N–H and O–H groups in total.